The summed E-state index contributed by atoms with van der Waals surface area (Å²) in [6.45, 7) is 2.54. The molecule has 2 aliphatic heterocycles. The van der Waals surface area contributed by atoms with Gasteiger partial charge in [0.05, 0.1) is 10.2 Å². The summed E-state index contributed by atoms with van der Waals surface area (Å²) in [5.41, 5.74) is 0.990. The van der Waals surface area contributed by atoms with Crippen LogP contribution < -0.4 is 15.5 Å². The second-order valence-corrected chi connectivity index (χ2v) is 7.40. The number of hydrogen-bond donors (Lipinski definition) is 2. The summed E-state index contributed by atoms with van der Waals surface area (Å²) in [6.07, 6.45) is 0.495. The summed E-state index contributed by atoms with van der Waals surface area (Å²) < 4.78 is 1.15. The molecule has 1 atom stereocenters. The average Bonchev–Trinajstić information content (AvgIpc) is 3.01. The van der Waals surface area contributed by atoms with Crippen molar-refractivity contribution in [2.45, 2.75) is 18.9 Å². The van der Waals surface area contributed by atoms with Crippen molar-refractivity contribution < 1.29 is 14.4 Å². The summed E-state index contributed by atoms with van der Waals surface area (Å²) in [5.74, 6) is -0.475. The van der Waals surface area contributed by atoms with Gasteiger partial charge >= 0.3 is 6.03 Å². The number of fused-ring (bicyclic) bond motifs is 1. The zero-order valence-electron chi connectivity index (χ0n) is 14.1. The van der Waals surface area contributed by atoms with E-state index in [1.165, 1.54) is 0 Å². The number of anilines is 1. The van der Waals surface area contributed by atoms with E-state index in [1.807, 2.05) is 18.2 Å². The number of nitrogens with one attached hydrogen (secondary N) is 2. The predicted molar refractivity (Wildman–Crippen MR) is 98.1 cm³/mol. The molecule has 2 saturated heterocycles. The number of thiazole rings is 1. The Balaban J connectivity index is 1.39. The molecule has 0 radical (unpaired) electrons. The minimum absolute atomic E-state index is 0.126. The molecule has 9 heteroatoms. The Morgan fingerprint density at radius 2 is 1.92 bits per heavy atom. The summed E-state index contributed by atoms with van der Waals surface area (Å²) in [7, 11) is 0. The Hall–Kier alpha value is -2.68. The summed E-state index contributed by atoms with van der Waals surface area (Å²) in [6, 6.07) is 6.79. The van der Waals surface area contributed by atoms with Crippen LogP contribution >= 0.6 is 11.3 Å². The highest BCUT2D eigenvalue weighted by atomic mass is 32.1. The molecule has 4 rings (SSSR count). The van der Waals surface area contributed by atoms with E-state index in [4.69, 9.17) is 0 Å². The number of rotatable bonds is 2. The van der Waals surface area contributed by atoms with Gasteiger partial charge in [-0.1, -0.05) is 23.5 Å². The van der Waals surface area contributed by atoms with Crippen molar-refractivity contribution in [3.8, 4) is 0 Å². The van der Waals surface area contributed by atoms with Crippen LogP contribution in [0.2, 0.25) is 0 Å². The van der Waals surface area contributed by atoms with Crippen LogP contribution in [0, 0.1) is 0 Å². The van der Waals surface area contributed by atoms with E-state index in [-0.39, 0.29) is 18.2 Å². The SMILES string of the molecule is O=C1CCC(C(=O)N2CCN(c3nc4ccccc4s3)CC2)NC(=O)N1. The molecule has 2 aliphatic rings. The van der Waals surface area contributed by atoms with Crippen LogP contribution in [-0.2, 0) is 9.59 Å². The van der Waals surface area contributed by atoms with Gasteiger partial charge in [0.25, 0.3) is 0 Å². The van der Waals surface area contributed by atoms with Gasteiger partial charge in [-0.2, -0.15) is 0 Å². The lowest BCUT2D eigenvalue weighted by Crippen LogP contribution is -2.55. The average molecular weight is 373 g/mol. The second-order valence-electron chi connectivity index (χ2n) is 6.39. The van der Waals surface area contributed by atoms with Crippen molar-refractivity contribution >= 4 is 44.5 Å². The number of piperazine rings is 1. The lowest BCUT2D eigenvalue weighted by molar-refractivity contribution is -0.133. The second kappa shape index (κ2) is 6.91. The maximum atomic E-state index is 12.7. The number of urea groups is 1. The molecule has 4 amide bonds. The first-order valence-electron chi connectivity index (χ1n) is 8.60. The van der Waals surface area contributed by atoms with E-state index in [9.17, 15) is 14.4 Å². The van der Waals surface area contributed by atoms with Crippen LogP contribution in [0.3, 0.4) is 0 Å². The van der Waals surface area contributed by atoms with Gasteiger partial charge in [0.1, 0.15) is 6.04 Å². The maximum Gasteiger partial charge on any atom is 0.322 e. The molecule has 2 aromatic rings. The first-order valence-corrected chi connectivity index (χ1v) is 9.41. The zero-order valence-corrected chi connectivity index (χ0v) is 14.9. The van der Waals surface area contributed by atoms with E-state index in [2.05, 4.69) is 26.6 Å². The quantitative estimate of drug-likeness (QED) is 0.817. The van der Waals surface area contributed by atoms with Crippen LogP contribution in [-0.4, -0.2) is 60.0 Å². The smallest absolute Gasteiger partial charge is 0.322 e. The predicted octanol–water partition coefficient (Wildman–Crippen LogP) is 0.933. The highest BCUT2D eigenvalue weighted by molar-refractivity contribution is 7.22. The van der Waals surface area contributed by atoms with Gasteiger partial charge in [0.2, 0.25) is 11.8 Å². The molecule has 0 spiro atoms. The molecule has 2 fully saturated rings. The Bertz CT molecular complexity index is 826. The van der Waals surface area contributed by atoms with E-state index in [0.29, 0.717) is 32.6 Å². The number of hydrogen-bond acceptors (Lipinski definition) is 6. The van der Waals surface area contributed by atoms with Gasteiger partial charge in [0.15, 0.2) is 5.13 Å². The molecule has 0 saturated carbocycles. The fourth-order valence-corrected chi connectivity index (χ4v) is 4.27. The molecule has 1 aromatic carbocycles. The maximum absolute atomic E-state index is 12.7. The molecule has 2 N–H and O–H groups in total. The molecule has 8 nitrogen and oxygen atoms in total. The largest absolute Gasteiger partial charge is 0.345 e. The van der Waals surface area contributed by atoms with Gasteiger partial charge in [-0.05, 0) is 18.6 Å². The molecule has 0 bridgehead atoms. The molecule has 1 aromatic heterocycles. The van der Waals surface area contributed by atoms with Crippen molar-refractivity contribution in [1.29, 1.82) is 0 Å². The molecular weight excluding hydrogens is 354 g/mol. The highest BCUT2D eigenvalue weighted by Gasteiger charge is 2.31. The molecule has 0 aliphatic carbocycles. The van der Waals surface area contributed by atoms with Crippen molar-refractivity contribution in [3.63, 3.8) is 0 Å². The normalized spacial score (nSPS) is 21.3. The Kier molecular flexibility index (Phi) is 4.46. The van der Waals surface area contributed by atoms with Crippen LogP contribution in [0.15, 0.2) is 24.3 Å². The summed E-state index contributed by atoms with van der Waals surface area (Å²) in [4.78, 5) is 44.3. The van der Waals surface area contributed by atoms with Crippen LogP contribution in [0.4, 0.5) is 9.93 Å². The van der Waals surface area contributed by atoms with Crippen molar-refractivity contribution in [3.05, 3.63) is 24.3 Å². The molecular formula is C17H19N5O3S. The van der Waals surface area contributed by atoms with E-state index < -0.39 is 12.1 Å². The van der Waals surface area contributed by atoms with Crippen LogP contribution in [0.25, 0.3) is 10.2 Å². The topological polar surface area (TPSA) is 94.6 Å². The third-order valence-corrected chi connectivity index (χ3v) is 5.76. The van der Waals surface area contributed by atoms with E-state index in [1.54, 1.807) is 16.2 Å². The summed E-state index contributed by atoms with van der Waals surface area (Å²) >= 11 is 1.65. The number of carbonyl (C=O) groups excluding carboxylic acids is 3. The molecule has 3 heterocycles. The monoisotopic (exact) mass is 373 g/mol. The third-order valence-electron chi connectivity index (χ3n) is 4.66. The van der Waals surface area contributed by atoms with Gasteiger partial charge in [-0.3, -0.25) is 14.9 Å². The number of imide groups is 1. The van der Waals surface area contributed by atoms with Crippen molar-refractivity contribution in [2.24, 2.45) is 0 Å². The van der Waals surface area contributed by atoms with Crippen molar-refractivity contribution in [2.75, 3.05) is 31.1 Å². The highest BCUT2D eigenvalue weighted by Crippen LogP contribution is 2.29. The standard InChI is InChI=1S/C17H19N5O3S/c23-14-6-5-12(18-16(25)20-14)15(24)21-7-9-22(10-8-21)17-19-11-3-1-2-4-13(11)26-17/h1-4,12H,5-10H2,(H2,18,20,23,25). The van der Waals surface area contributed by atoms with Crippen molar-refractivity contribution in [1.82, 2.24) is 20.5 Å². The molecule has 26 heavy (non-hydrogen) atoms. The number of aromatic nitrogens is 1. The van der Waals surface area contributed by atoms with Gasteiger partial charge < -0.3 is 15.1 Å². The fourth-order valence-electron chi connectivity index (χ4n) is 3.25. The molecule has 136 valence electrons. The lowest BCUT2D eigenvalue weighted by atomic mass is 10.1. The van der Waals surface area contributed by atoms with Gasteiger partial charge in [-0.25, -0.2) is 9.78 Å². The first-order chi connectivity index (χ1) is 12.6. The van der Waals surface area contributed by atoms with Gasteiger partial charge in [-0.15, -0.1) is 0 Å². The third kappa shape index (κ3) is 3.34. The minimum atomic E-state index is -0.643. The Labute approximate surface area is 154 Å². The number of benzene rings is 1. The number of amides is 4. The van der Waals surface area contributed by atoms with Gasteiger partial charge in [0, 0.05) is 32.6 Å². The number of para-hydroxylation sites is 1. The number of carbonyl (C=O) groups is 3. The fraction of sp³-hybridized carbons (Fsp3) is 0.412. The first kappa shape index (κ1) is 16.8. The van der Waals surface area contributed by atoms with E-state index >= 15 is 0 Å². The number of nitrogens with zero attached hydrogens (tertiary/aromatic N) is 3. The lowest BCUT2D eigenvalue weighted by Gasteiger charge is -2.36. The minimum Gasteiger partial charge on any atom is -0.345 e. The zero-order chi connectivity index (χ0) is 18.1. The summed E-state index contributed by atoms with van der Waals surface area (Å²) in [5, 5.41) is 5.75. The van der Waals surface area contributed by atoms with Crippen LogP contribution in [0.5, 0.6) is 0 Å². The Morgan fingerprint density at radius 3 is 2.69 bits per heavy atom. The Morgan fingerprint density at radius 1 is 1.15 bits per heavy atom. The van der Waals surface area contributed by atoms with Crippen LogP contribution in [0.1, 0.15) is 12.8 Å². The molecule has 1 unspecified atom stereocenters. The van der Waals surface area contributed by atoms with E-state index in [0.717, 1.165) is 15.3 Å².